The first-order chi connectivity index (χ1) is 9.78. The van der Waals surface area contributed by atoms with Crippen molar-refractivity contribution in [1.82, 2.24) is 0 Å². The van der Waals surface area contributed by atoms with Crippen molar-refractivity contribution in [3.05, 3.63) is 72.3 Å². The normalized spacial score (nSPS) is 24.7. The molecule has 1 heteroatoms. The molecule has 2 atom stereocenters. The maximum atomic E-state index is 9.33. The molecule has 0 spiro atoms. The van der Waals surface area contributed by atoms with Gasteiger partial charge in [-0.25, -0.2) is 0 Å². The lowest BCUT2D eigenvalue weighted by atomic mass is 9.66. The van der Waals surface area contributed by atoms with Crippen LogP contribution in [0.4, 0.5) is 0 Å². The number of nitriles is 1. The predicted molar refractivity (Wildman–Crippen MR) is 83.3 cm³/mol. The molecule has 1 aliphatic carbocycles. The van der Waals surface area contributed by atoms with E-state index in [9.17, 15) is 5.26 Å². The van der Waals surface area contributed by atoms with Gasteiger partial charge in [0.05, 0.1) is 6.07 Å². The predicted octanol–water partition coefficient (Wildman–Crippen LogP) is 4.75. The molecule has 0 N–H and O–H groups in total. The fourth-order valence-corrected chi connectivity index (χ4v) is 3.19. The van der Waals surface area contributed by atoms with E-state index in [0.29, 0.717) is 12.3 Å². The number of rotatable bonds is 2. The molecule has 0 saturated heterocycles. The van der Waals surface area contributed by atoms with Crippen LogP contribution in [-0.4, -0.2) is 0 Å². The van der Waals surface area contributed by atoms with Gasteiger partial charge in [-0.3, -0.25) is 0 Å². The minimum absolute atomic E-state index is 0.218. The second-order valence-corrected chi connectivity index (χ2v) is 5.43. The van der Waals surface area contributed by atoms with Crippen LogP contribution in [0.5, 0.6) is 0 Å². The van der Waals surface area contributed by atoms with E-state index >= 15 is 0 Å². The molecule has 1 aliphatic rings. The third-order valence-corrected chi connectivity index (χ3v) is 4.38. The van der Waals surface area contributed by atoms with E-state index < -0.39 is 0 Å². The van der Waals surface area contributed by atoms with E-state index in [2.05, 4.69) is 79.8 Å². The fourth-order valence-electron chi connectivity index (χ4n) is 3.19. The Hall–Kier alpha value is -2.33. The minimum atomic E-state index is -0.218. The standard InChI is InChI=1S/C19H17N/c1-15-7-4-5-12-19(15,13-14-20)18-11-6-9-16-8-2-3-10-17(16)18/h2-12,15H,13H2,1H3. The molecule has 0 heterocycles. The Kier molecular flexibility index (Phi) is 3.16. The quantitative estimate of drug-likeness (QED) is 0.763. The summed E-state index contributed by atoms with van der Waals surface area (Å²) < 4.78 is 0. The van der Waals surface area contributed by atoms with Gasteiger partial charge in [0.25, 0.3) is 0 Å². The molecule has 0 radical (unpaired) electrons. The molecule has 2 unspecified atom stereocenters. The van der Waals surface area contributed by atoms with Crippen molar-refractivity contribution >= 4 is 10.8 Å². The van der Waals surface area contributed by atoms with Crippen molar-refractivity contribution in [3.8, 4) is 6.07 Å². The van der Waals surface area contributed by atoms with Crippen molar-refractivity contribution in [2.75, 3.05) is 0 Å². The minimum Gasteiger partial charge on any atom is -0.198 e. The average Bonchev–Trinajstić information content (AvgIpc) is 2.49. The zero-order chi connectivity index (χ0) is 14.0. The third kappa shape index (κ3) is 1.85. The van der Waals surface area contributed by atoms with Crippen LogP contribution in [0.3, 0.4) is 0 Å². The summed E-state index contributed by atoms with van der Waals surface area (Å²) in [5.41, 5.74) is 1.04. The second-order valence-electron chi connectivity index (χ2n) is 5.43. The van der Waals surface area contributed by atoms with E-state index in [1.807, 2.05) is 0 Å². The molecular weight excluding hydrogens is 242 g/mol. The molecule has 1 nitrogen and oxygen atoms in total. The van der Waals surface area contributed by atoms with Crippen LogP contribution in [0, 0.1) is 17.2 Å². The Morgan fingerprint density at radius 3 is 2.70 bits per heavy atom. The smallest absolute Gasteiger partial charge is 0.0634 e. The molecule has 0 saturated carbocycles. The van der Waals surface area contributed by atoms with Crippen LogP contribution >= 0.6 is 0 Å². The zero-order valence-corrected chi connectivity index (χ0v) is 11.6. The second kappa shape index (κ2) is 4.98. The summed E-state index contributed by atoms with van der Waals surface area (Å²) in [6.45, 7) is 2.19. The highest BCUT2D eigenvalue weighted by Gasteiger charge is 2.36. The van der Waals surface area contributed by atoms with Gasteiger partial charge in [-0.2, -0.15) is 5.26 Å². The number of hydrogen-bond acceptors (Lipinski definition) is 1. The van der Waals surface area contributed by atoms with Gasteiger partial charge in [0.1, 0.15) is 0 Å². The molecule has 0 aliphatic heterocycles. The summed E-state index contributed by atoms with van der Waals surface area (Å²) in [5, 5.41) is 11.8. The summed E-state index contributed by atoms with van der Waals surface area (Å²) in [7, 11) is 0. The van der Waals surface area contributed by atoms with Crippen LogP contribution in [-0.2, 0) is 5.41 Å². The SMILES string of the molecule is CC1C=CC=CC1(CC#N)c1cccc2ccccc12. The lowest BCUT2D eigenvalue weighted by Crippen LogP contribution is -2.31. The number of fused-ring (bicyclic) bond motifs is 1. The lowest BCUT2D eigenvalue weighted by molar-refractivity contribution is 0.428. The average molecular weight is 259 g/mol. The van der Waals surface area contributed by atoms with Gasteiger partial charge in [-0.15, -0.1) is 0 Å². The van der Waals surface area contributed by atoms with E-state index in [-0.39, 0.29) is 5.41 Å². The largest absolute Gasteiger partial charge is 0.198 e. The summed E-state index contributed by atoms with van der Waals surface area (Å²) in [4.78, 5) is 0. The summed E-state index contributed by atoms with van der Waals surface area (Å²) in [5.74, 6) is 0.318. The van der Waals surface area contributed by atoms with Gasteiger partial charge in [-0.1, -0.05) is 73.7 Å². The van der Waals surface area contributed by atoms with Gasteiger partial charge >= 0.3 is 0 Å². The van der Waals surface area contributed by atoms with Crippen molar-refractivity contribution in [2.24, 2.45) is 5.92 Å². The van der Waals surface area contributed by atoms with Crippen LogP contribution in [0.2, 0.25) is 0 Å². The molecule has 0 amide bonds. The van der Waals surface area contributed by atoms with Gasteiger partial charge < -0.3 is 0 Å². The highest BCUT2D eigenvalue weighted by molar-refractivity contribution is 5.87. The lowest BCUT2D eigenvalue weighted by Gasteiger charge is -2.36. The fraction of sp³-hybridized carbons (Fsp3) is 0.211. The molecule has 2 aromatic rings. The first kappa shape index (κ1) is 12.7. The zero-order valence-electron chi connectivity index (χ0n) is 11.6. The molecular formula is C19H17N. The Balaban J connectivity index is 2.29. The van der Waals surface area contributed by atoms with Crippen molar-refractivity contribution in [2.45, 2.75) is 18.8 Å². The number of allylic oxidation sites excluding steroid dienone is 4. The summed E-state index contributed by atoms with van der Waals surface area (Å²) >= 11 is 0. The van der Waals surface area contributed by atoms with Crippen LogP contribution in [0.1, 0.15) is 18.9 Å². The Morgan fingerprint density at radius 1 is 1.10 bits per heavy atom. The van der Waals surface area contributed by atoms with E-state index in [1.165, 1.54) is 16.3 Å². The molecule has 98 valence electrons. The van der Waals surface area contributed by atoms with E-state index in [4.69, 9.17) is 0 Å². The van der Waals surface area contributed by atoms with Gasteiger partial charge in [0.2, 0.25) is 0 Å². The highest BCUT2D eigenvalue weighted by atomic mass is 14.4. The first-order valence-electron chi connectivity index (χ1n) is 6.99. The Labute approximate surface area is 119 Å². The van der Waals surface area contributed by atoms with Crippen LogP contribution in [0.25, 0.3) is 10.8 Å². The molecule has 0 bridgehead atoms. The maximum Gasteiger partial charge on any atom is 0.0634 e. The van der Waals surface area contributed by atoms with Crippen molar-refractivity contribution < 1.29 is 0 Å². The summed E-state index contributed by atoms with van der Waals surface area (Å²) in [6.07, 6.45) is 9.04. The highest BCUT2D eigenvalue weighted by Crippen LogP contribution is 2.42. The monoisotopic (exact) mass is 259 g/mol. The van der Waals surface area contributed by atoms with Gasteiger partial charge in [0.15, 0.2) is 0 Å². The van der Waals surface area contributed by atoms with Gasteiger partial charge in [-0.05, 0) is 22.3 Å². The molecule has 0 fully saturated rings. The molecule has 20 heavy (non-hydrogen) atoms. The van der Waals surface area contributed by atoms with E-state index in [1.54, 1.807) is 0 Å². The maximum absolute atomic E-state index is 9.33. The van der Waals surface area contributed by atoms with E-state index in [0.717, 1.165) is 0 Å². The number of hydrogen-bond donors (Lipinski definition) is 0. The number of nitrogens with zero attached hydrogens (tertiary/aromatic N) is 1. The molecule has 0 aromatic heterocycles. The topological polar surface area (TPSA) is 23.8 Å². The van der Waals surface area contributed by atoms with Crippen LogP contribution < -0.4 is 0 Å². The Bertz CT molecular complexity index is 728. The first-order valence-corrected chi connectivity index (χ1v) is 6.99. The summed E-state index contributed by atoms with van der Waals surface area (Å²) in [6, 6.07) is 17.2. The Morgan fingerprint density at radius 2 is 1.90 bits per heavy atom. The van der Waals surface area contributed by atoms with Crippen LogP contribution in [0.15, 0.2) is 66.8 Å². The van der Waals surface area contributed by atoms with Crippen molar-refractivity contribution in [3.63, 3.8) is 0 Å². The number of benzene rings is 2. The third-order valence-electron chi connectivity index (χ3n) is 4.38. The molecule has 2 aromatic carbocycles. The van der Waals surface area contributed by atoms with Crippen molar-refractivity contribution in [1.29, 1.82) is 5.26 Å². The molecule has 3 rings (SSSR count). The van der Waals surface area contributed by atoms with Gasteiger partial charge in [0, 0.05) is 11.8 Å².